The van der Waals surface area contributed by atoms with E-state index >= 15 is 4.39 Å². The van der Waals surface area contributed by atoms with Gasteiger partial charge in [0.05, 0.1) is 23.3 Å². The van der Waals surface area contributed by atoms with E-state index in [1.54, 1.807) is 6.07 Å². The SMILES string of the molecule is CCC1CCc2cc(O)cc(C3=C(F)c4nc(OC[C@@]56CCCN5C[C@H](F)C6)nc(N5C[C@H]6CC[C@@H](C5)N6)c4C4=NCCN43)c21. The van der Waals surface area contributed by atoms with E-state index < -0.39 is 12.0 Å². The smallest absolute Gasteiger partial charge is 0.319 e. The number of ether oxygens (including phenoxy) is 1. The lowest BCUT2D eigenvalue weighted by molar-refractivity contribution is 0.107. The van der Waals surface area contributed by atoms with E-state index in [-0.39, 0.29) is 29.6 Å². The summed E-state index contributed by atoms with van der Waals surface area (Å²) in [4.78, 5) is 21.2. The minimum atomic E-state index is -0.865. The topological polar surface area (TPSA) is 89.4 Å². The first-order valence-corrected chi connectivity index (χ1v) is 16.9. The number of anilines is 1. The number of phenols is 1. The maximum Gasteiger partial charge on any atom is 0.319 e. The number of rotatable bonds is 6. The van der Waals surface area contributed by atoms with Crippen LogP contribution in [0.2, 0.25) is 0 Å². The van der Waals surface area contributed by atoms with Crippen molar-refractivity contribution in [1.29, 1.82) is 0 Å². The summed E-state index contributed by atoms with van der Waals surface area (Å²) in [5.74, 6) is 1.37. The van der Waals surface area contributed by atoms with Gasteiger partial charge >= 0.3 is 6.01 Å². The van der Waals surface area contributed by atoms with Gasteiger partial charge in [0.1, 0.15) is 35.9 Å². The number of aliphatic imine (C=N–C) groups is 1. The summed E-state index contributed by atoms with van der Waals surface area (Å²) in [6.07, 6.45) is 6.48. The maximum atomic E-state index is 17.4. The molecule has 1 aromatic heterocycles. The Hall–Kier alpha value is -3.31. The van der Waals surface area contributed by atoms with Gasteiger partial charge in [0, 0.05) is 50.2 Å². The highest BCUT2D eigenvalue weighted by Crippen LogP contribution is 2.49. The monoisotopic (exact) mass is 617 g/mol. The fourth-order valence-corrected chi connectivity index (χ4v) is 9.54. The Balaban J connectivity index is 1.19. The van der Waals surface area contributed by atoms with Crippen LogP contribution in [0, 0.1) is 0 Å². The van der Waals surface area contributed by atoms with Crippen LogP contribution in [-0.2, 0) is 6.42 Å². The van der Waals surface area contributed by atoms with Crippen LogP contribution < -0.4 is 15.0 Å². The highest BCUT2D eigenvalue weighted by Gasteiger charge is 2.50. The molecule has 45 heavy (non-hydrogen) atoms. The van der Waals surface area contributed by atoms with Crippen molar-refractivity contribution in [1.82, 2.24) is 25.1 Å². The van der Waals surface area contributed by atoms with E-state index in [1.165, 1.54) is 0 Å². The second-order valence-corrected chi connectivity index (χ2v) is 14.2. The molecule has 2 bridgehead atoms. The van der Waals surface area contributed by atoms with Crippen molar-refractivity contribution in [2.75, 3.05) is 50.8 Å². The van der Waals surface area contributed by atoms with Gasteiger partial charge in [-0.3, -0.25) is 9.89 Å². The molecule has 7 heterocycles. The number of nitrogens with one attached hydrogen (secondary N) is 1. The number of hydrogen-bond donors (Lipinski definition) is 2. The summed E-state index contributed by atoms with van der Waals surface area (Å²) in [6.45, 7) is 6.38. The zero-order valence-corrected chi connectivity index (χ0v) is 25.9. The molecule has 238 valence electrons. The number of phenolic OH excluding ortho intramolecular Hbond substituents is 1. The molecule has 1 unspecified atom stereocenters. The Kier molecular flexibility index (Phi) is 6.43. The molecule has 0 radical (unpaired) electrons. The number of halogens is 2. The molecule has 0 saturated carbocycles. The summed E-state index contributed by atoms with van der Waals surface area (Å²) in [5.41, 5.74) is 3.84. The van der Waals surface area contributed by atoms with Crippen molar-refractivity contribution in [3.05, 3.63) is 40.1 Å². The van der Waals surface area contributed by atoms with Crippen LogP contribution in [0.5, 0.6) is 11.8 Å². The van der Waals surface area contributed by atoms with Crippen molar-refractivity contribution < 1.29 is 18.6 Å². The van der Waals surface area contributed by atoms with Gasteiger partial charge in [-0.1, -0.05) is 6.92 Å². The molecule has 6 aliphatic heterocycles. The van der Waals surface area contributed by atoms with Gasteiger partial charge in [-0.15, -0.1) is 0 Å². The quantitative estimate of drug-likeness (QED) is 0.494. The molecular formula is C34H41F2N7O2. The van der Waals surface area contributed by atoms with E-state index in [2.05, 4.69) is 22.0 Å². The molecular weight excluding hydrogens is 576 g/mol. The predicted molar refractivity (Wildman–Crippen MR) is 168 cm³/mol. The van der Waals surface area contributed by atoms with Crippen LogP contribution in [-0.4, -0.2) is 100 Å². The van der Waals surface area contributed by atoms with Crippen molar-refractivity contribution in [2.24, 2.45) is 4.99 Å². The minimum absolute atomic E-state index is 0.132. The molecule has 4 saturated heterocycles. The number of aromatic nitrogens is 2. The van der Waals surface area contributed by atoms with Gasteiger partial charge in [0.25, 0.3) is 0 Å². The molecule has 11 heteroatoms. The van der Waals surface area contributed by atoms with Crippen molar-refractivity contribution in [3.8, 4) is 11.8 Å². The zero-order valence-electron chi connectivity index (χ0n) is 25.9. The Morgan fingerprint density at radius 1 is 1.11 bits per heavy atom. The molecule has 7 aliphatic rings. The average Bonchev–Trinajstić information content (AvgIpc) is 3.85. The number of benzene rings is 1. The van der Waals surface area contributed by atoms with Gasteiger partial charge in [-0.25, -0.2) is 8.78 Å². The van der Waals surface area contributed by atoms with Gasteiger partial charge in [-0.05, 0) is 80.7 Å². The molecule has 1 aliphatic carbocycles. The molecule has 2 aromatic rings. The fraction of sp³-hybridized carbons (Fsp3) is 0.618. The van der Waals surface area contributed by atoms with Crippen LogP contribution in [0.3, 0.4) is 0 Å². The Bertz CT molecular complexity index is 1620. The summed E-state index contributed by atoms with van der Waals surface area (Å²) >= 11 is 0. The largest absolute Gasteiger partial charge is 0.508 e. The third-order valence-electron chi connectivity index (χ3n) is 11.5. The van der Waals surface area contributed by atoms with Gasteiger partial charge < -0.3 is 25.0 Å². The van der Waals surface area contributed by atoms with E-state index in [1.807, 2.05) is 11.0 Å². The lowest BCUT2D eigenvalue weighted by Crippen LogP contribution is -2.52. The average molecular weight is 618 g/mol. The number of aryl methyl sites for hydroxylation is 1. The van der Waals surface area contributed by atoms with Crippen LogP contribution in [0.4, 0.5) is 14.6 Å². The lowest BCUT2D eigenvalue weighted by atomic mass is 9.89. The first-order valence-electron chi connectivity index (χ1n) is 16.9. The summed E-state index contributed by atoms with van der Waals surface area (Å²) < 4.78 is 38.3. The van der Waals surface area contributed by atoms with Crippen LogP contribution in [0.25, 0.3) is 11.5 Å². The number of aromatic hydroxyl groups is 1. The molecule has 2 N–H and O–H groups in total. The third kappa shape index (κ3) is 4.32. The van der Waals surface area contributed by atoms with Crippen LogP contribution in [0.1, 0.15) is 85.7 Å². The molecule has 9 nitrogen and oxygen atoms in total. The van der Waals surface area contributed by atoms with Crippen molar-refractivity contribution in [3.63, 3.8) is 0 Å². The first kappa shape index (κ1) is 28.0. The van der Waals surface area contributed by atoms with Crippen molar-refractivity contribution >= 4 is 23.2 Å². The molecule has 0 amide bonds. The maximum absolute atomic E-state index is 17.4. The third-order valence-corrected chi connectivity index (χ3v) is 11.5. The highest BCUT2D eigenvalue weighted by atomic mass is 19.1. The van der Waals surface area contributed by atoms with Crippen molar-refractivity contribution in [2.45, 2.75) is 88.0 Å². The molecule has 4 fully saturated rings. The number of fused-ring (bicyclic) bond motifs is 7. The number of hydrogen-bond acceptors (Lipinski definition) is 9. The summed E-state index contributed by atoms with van der Waals surface area (Å²) in [6, 6.07) is 4.40. The molecule has 9 rings (SSSR count). The van der Waals surface area contributed by atoms with Gasteiger partial charge in [0.2, 0.25) is 0 Å². The standard InChI is InChI=1S/C34H41F2N7O2/c1-2-19-4-5-20-12-24(44)13-25(26(19)20)30-28(36)29-27(31-37-9-11-43(30)31)32(41-16-22-6-7-23(17-41)38-22)40-33(39-29)45-18-34-8-3-10-42(34)15-21(35)14-34/h12-13,19,21-23,38,44H,2-11,14-18H2,1H3/t19?,21-,22-,23+,34+/m1/s1. The fourth-order valence-electron chi connectivity index (χ4n) is 9.54. The van der Waals surface area contributed by atoms with Gasteiger partial charge in [-0.2, -0.15) is 9.97 Å². The second kappa shape index (κ2) is 10.4. The van der Waals surface area contributed by atoms with E-state index in [9.17, 15) is 9.50 Å². The predicted octanol–water partition coefficient (Wildman–Crippen LogP) is 4.39. The van der Waals surface area contributed by atoms with Crippen LogP contribution >= 0.6 is 0 Å². The highest BCUT2D eigenvalue weighted by molar-refractivity contribution is 6.16. The first-order chi connectivity index (χ1) is 21.9. The molecule has 1 aromatic carbocycles. The molecule has 5 atom stereocenters. The Morgan fingerprint density at radius 3 is 2.78 bits per heavy atom. The van der Waals surface area contributed by atoms with Gasteiger partial charge in [0.15, 0.2) is 5.83 Å². The van der Waals surface area contributed by atoms with E-state index in [4.69, 9.17) is 19.7 Å². The number of amidine groups is 1. The minimum Gasteiger partial charge on any atom is -0.508 e. The second-order valence-electron chi connectivity index (χ2n) is 14.2. The number of alkyl halides is 1. The number of piperazine rings is 1. The van der Waals surface area contributed by atoms with E-state index in [0.29, 0.717) is 67.0 Å². The molecule has 0 spiro atoms. The summed E-state index contributed by atoms with van der Waals surface area (Å²) in [7, 11) is 0. The normalized spacial score (nSPS) is 31.8. The summed E-state index contributed by atoms with van der Waals surface area (Å²) in [5, 5.41) is 14.5. The van der Waals surface area contributed by atoms with E-state index in [0.717, 1.165) is 81.3 Å². The number of nitrogens with zero attached hydrogens (tertiary/aromatic N) is 6. The Morgan fingerprint density at radius 2 is 1.96 bits per heavy atom. The lowest BCUT2D eigenvalue weighted by Gasteiger charge is -2.38. The zero-order chi connectivity index (χ0) is 30.4. The van der Waals surface area contributed by atoms with Crippen LogP contribution in [0.15, 0.2) is 17.1 Å². The Labute approximate surface area is 262 Å².